The van der Waals surface area contributed by atoms with Crippen LogP contribution in [0.2, 0.25) is 0 Å². The van der Waals surface area contributed by atoms with Crippen LogP contribution in [0.3, 0.4) is 0 Å². The van der Waals surface area contributed by atoms with Gasteiger partial charge in [0.2, 0.25) is 0 Å². The minimum atomic E-state index is 0.200. The van der Waals surface area contributed by atoms with E-state index in [4.69, 9.17) is 0 Å². The maximum absolute atomic E-state index is 11.8. The van der Waals surface area contributed by atoms with Crippen molar-refractivity contribution >= 4 is 17.1 Å². The molecule has 18 heavy (non-hydrogen) atoms. The number of pyridine rings is 1. The second-order valence-corrected chi connectivity index (χ2v) is 5.54. The summed E-state index contributed by atoms with van der Waals surface area (Å²) in [6, 6.07) is 1.99. The van der Waals surface area contributed by atoms with Crippen molar-refractivity contribution < 1.29 is 4.79 Å². The molecule has 0 spiro atoms. The molecule has 1 aliphatic carbocycles. The molecule has 0 aromatic carbocycles. The Balaban J connectivity index is 2.10. The topological polar surface area (TPSA) is 42.9 Å². The fourth-order valence-electron chi connectivity index (χ4n) is 2.30. The van der Waals surface area contributed by atoms with E-state index >= 15 is 0 Å². The number of nitrogens with zero attached hydrogens (tertiary/aromatic N) is 2. The minimum absolute atomic E-state index is 0.200. The van der Waals surface area contributed by atoms with Crippen LogP contribution in [-0.2, 0) is 12.8 Å². The third kappa shape index (κ3) is 1.86. The number of hydrogen-bond donors (Lipinski definition) is 0. The first-order chi connectivity index (χ1) is 8.79. The molecule has 0 aliphatic heterocycles. The highest BCUT2D eigenvalue weighted by Gasteiger charge is 2.23. The number of aryl methyl sites for hydroxylation is 2. The number of Topliss-reactive ketones (excluding diaryl/α,β-unsaturated/α-hetero) is 1. The van der Waals surface area contributed by atoms with Crippen molar-refractivity contribution in [3.8, 4) is 10.6 Å². The van der Waals surface area contributed by atoms with Crippen molar-refractivity contribution in [1.82, 2.24) is 9.97 Å². The molecule has 0 bridgehead atoms. The number of carbonyl (C=O) groups is 1. The first-order valence-corrected chi connectivity index (χ1v) is 7.07. The zero-order chi connectivity index (χ0) is 12.5. The highest BCUT2D eigenvalue weighted by Crippen LogP contribution is 2.33. The summed E-state index contributed by atoms with van der Waals surface area (Å²) in [4.78, 5) is 21.7. The standard InChI is InChI=1S/C14H14N2OS/c1-2-9-8-15-7-6-10(9)14-16-13-11(17)4-3-5-12(13)18-14/h6-8H,2-5H2,1H3. The molecule has 0 fully saturated rings. The fraction of sp³-hybridized carbons (Fsp3) is 0.357. The van der Waals surface area contributed by atoms with Gasteiger partial charge in [-0.1, -0.05) is 6.92 Å². The molecule has 2 aromatic rings. The molecule has 92 valence electrons. The molecule has 0 unspecified atom stereocenters. The molecule has 0 saturated carbocycles. The van der Waals surface area contributed by atoms with E-state index in [9.17, 15) is 4.79 Å². The van der Waals surface area contributed by atoms with E-state index in [0.717, 1.165) is 34.7 Å². The number of hydrogen-bond acceptors (Lipinski definition) is 4. The van der Waals surface area contributed by atoms with Gasteiger partial charge in [-0.3, -0.25) is 9.78 Å². The van der Waals surface area contributed by atoms with Crippen molar-refractivity contribution in [2.75, 3.05) is 0 Å². The Kier molecular flexibility index (Phi) is 2.96. The Morgan fingerprint density at radius 2 is 2.28 bits per heavy atom. The summed E-state index contributed by atoms with van der Waals surface area (Å²) >= 11 is 1.66. The van der Waals surface area contributed by atoms with Gasteiger partial charge >= 0.3 is 0 Å². The van der Waals surface area contributed by atoms with Gasteiger partial charge in [0.05, 0.1) is 0 Å². The predicted molar refractivity (Wildman–Crippen MR) is 72.0 cm³/mol. The second-order valence-electron chi connectivity index (χ2n) is 4.45. The number of ketones is 1. The lowest BCUT2D eigenvalue weighted by Gasteiger charge is -2.06. The molecule has 4 heteroatoms. The van der Waals surface area contributed by atoms with Crippen LogP contribution < -0.4 is 0 Å². The highest BCUT2D eigenvalue weighted by molar-refractivity contribution is 7.15. The van der Waals surface area contributed by atoms with Crippen LogP contribution >= 0.6 is 11.3 Å². The lowest BCUT2D eigenvalue weighted by molar-refractivity contribution is 0.0968. The second kappa shape index (κ2) is 4.61. The first-order valence-electron chi connectivity index (χ1n) is 6.25. The van der Waals surface area contributed by atoms with E-state index in [1.807, 2.05) is 12.3 Å². The number of thiazole rings is 1. The molecule has 2 aromatic heterocycles. The van der Waals surface area contributed by atoms with Gasteiger partial charge in [-0.2, -0.15) is 0 Å². The van der Waals surface area contributed by atoms with Crippen molar-refractivity contribution in [3.05, 3.63) is 34.6 Å². The fourth-order valence-corrected chi connectivity index (χ4v) is 3.48. The number of carbonyl (C=O) groups excluding carboxylic acids is 1. The summed E-state index contributed by atoms with van der Waals surface area (Å²) in [7, 11) is 0. The monoisotopic (exact) mass is 258 g/mol. The molecular weight excluding hydrogens is 244 g/mol. The molecule has 0 amide bonds. The molecular formula is C14H14N2OS. The van der Waals surface area contributed by atoms with Crippen LogP contribution in [0.4, 0.5) is 0 Å². The minimum Gasteiger partial charge on any atom is -0.292 e. The Labute approximate surface area is 110 Å². The molecule has 0 atom stereocenters. The molecule has 0 saturated heterocycles. The average Bonchev–Trinajstić information content (AvgIpc) is 2.84. The van der Waals surface area contributed by atoms with Gasteiger partial charge in [0.1, 0.15) is 10.7 Å². The maximum Gasteiger partial charge on any atom is 0.182 e. The number of rotatable bonds is 2. The Bertz CT molecular complexity index is 604. The van der Waals surface area contributed by atoms with Crippen LogP contribution in [-0.4, -0.2) is 15.8 Å². The van der Waals surface area contributed by atoms with Crippen molar-refractivity contribution in [3.63, 3.8) is 0 Å². The third-order valence-corrected chi connectivity index (χ3v) is 4.43. The van der Waals surface area contributed by atoms with E-state index in [0.29, 0.717) is 12.1 Å². The van der Waals surface area contributed by atoms with Gasteiger partial charge in [0.25, 0.3) is 0 Å². The zero-order valence-electron chi connectivity index (χ0n) is 10.3. The zero-order valence-corrected chi connectivity index (χ0v) is 11.1. The summed E-state index contributed by atoms with van der Waals surface area (Å²) in [5.41, 5.74) is 3.02. The molecule has 2 heterocycles. The molecule has 0 N–H and O–H groups in total. The van der Waals surface area contributed by atoms with Gasteiger partial charge in [0, 0.05) is 29.3 Å². The predicted octanol–water partition coefficient (Wildman–Crippen LogP) is 3.29. The summed E-state index contributed by atoms with van der Waals surface area (Å²) in [5.74, 6) is 0.200. The van der Waals surface area contributed by atoms with Gasteiger partial charge in [-0.05, 0) is 30.9 Å². The van der Waals surface area contributed by atoms with Crippen molar-refractivity contribution in [2.24, 2.45) is 0 Å². The summed E-state index contributed by atoms with van der Waals surface area (Å²) in [6.45, 7) is 2.11. The van der Waals surface area contributed by atoms with Crippen LogP contribution in [0.15, 0.2) is 18.5 Å². The smallest absolute Gasteiger partial charge is 0.182 e. The van der Waals surface area contributed by atoms with Crippen LogP contribution in [0.25, 0.3) is 10.6 Å². The quantitative estimate of drug-likeness (QED) is 0.830. The SMILES string of the molecule is CCc1cnccc1-c1nc2c(s1)CCCC2=O. The lowest BCUT2D eigenvalue weighted by atomic mass is 10.0. The summed E-state index contributed by atoms with van der Waals surface area (Å²) < 4.78 is 0. The van der Waals surface area contributed by atoms with Gasteiger partial charge in [-0.25, -0.2) is 4.98 Å². The van der Waals surface area contributed by atoms with Gasteiger partial charge in [0.15, 0.2) is 5.78 Å². The third-order valence-electron chi connectivity index (χ3n) is 3.28. The van der Waals surface area contributed by atoms with E-state index in [-0.39, 0.29) is 5.78 Å². The van der Waals surface area contributed by atoms with Crippen LogP contribution in [0.5, 0.6) is 0 Å². The number of fused-ring (bicyclic) bond motifs is 1. The van der Waals surface area contributed by atoms with E-state index in [1.165, 1.54) is 5.56 Å². The normalized spacial score (nSPS) is 14.6. The summed E-state index contributed by atoms with van der Waals surface area (Å²) in [5, 5.41) is 0.967. The van der Waals surface area contributed by atoms with Crippen LogP contribution in [0, 0.1) is 0 Å². The molecule has 3 nitrogen and oxygen atoms in total. The maximum atomic E-state index is 11.8. The van der Waals surface area contributed by atoms with E-state index in [2.05, 4.69) is 16.9 Å². The average molecular weight is 258 g/mol. The number of aromatic nitrogens is 2. The van der Waals surface area contributed by atoms with Crippen molar-refractivity contribution in [1.29, 1.82) is 0 Å². The van der Waals surface area contributed by atoms with E-state index < -0.39 is 0 Å². The Morgan fingerprint density at radius 1 is 1.39 bits per heavy atom. The lowest BCUT2D eigenvalue weighted by Crippen LogP contribution is -2.08. The van der Waals surface area contributed by atoms with Gasteiger partial charge < -0.3 is 0 Å². The van der Waals surface area contributed by atoms with Crippen molar-refractivity contribution in [2.45, 2.75) is 32.6 Å². The molecule has 0 radical (unpaired) electrons. The summed E-state index contributed by atoms with van der Waals surface area (Å²) in [6.07, 6.45) is 7.21. The van der Waals surface area contributed by atoms with E-state index in [1.54, 1.807) is 17.5 Å². The molecule has 1 aliphatic rings. The first kappa shape index (κ1) is 11.5. The molecule has 3 rings (SSSR count). The Morgan fingerprint density at radius 3 is 3.06 bits per heavy atom. The Hall–Kier alpha value is -1.55. The highest BCUT2D eigenvalue weighted by atomic mass is 32.1. The van der Waals surface area contributed by atoms with Crippen LogP contribution in [0.1, 0.15) is 40.7 Å². The van der Waals surface area contributed by atoms with Gasteiger partial charge in [-0.15, -0.1) is 11.3 Å². The largest absolute Gasteiger partial charge is 0.292 e.